The van der Waals surface area contributed by atoms with E-state index in [2.05, 4.69) is 6.58 Å². The van der Waals surface area contributed by atoms with Crippen molar-refractivity contribution in [3.63, 3.8) is 0 Å². The SMILES string of the molecule is C=C/C=C(/F)C=C(C)C.CC.CC. The average molecular weight is 186 g/mol. The molecule has 0 heterocycles. The fourth-order valence-electron chi connectivity index (χ4n) is 0.436. The number of hydrogen-bond acceptors (Lipinski definition) is 0. The molecule has 0 saturated carbocycles. The van der Waals surface area contributed by atoms with Crippen molar-refractivity contribution >= 4 is 0 Å². The summed E-state index contributed by atoms with van der Waals surface area (Å²) in [5, 5.41) is 0. The third-order valence-corrected chi connectivity index (χ3v) is 0.704. The summed E-state index contributed by atoms with van der Waals surface area (Å²) in [5.41, 5.74) is 0.950. The topological polar surface area (TPSA) is 0 Å². The van der Waals surface area contributed by atoms with Crippen LogP contribution in [0.1, 0.15) is 41.5 Å². The van der Waals surface area contributed by atoms with Gasteiger partial charge in [-0.05, 0) is 26.0 Å². The van der Waals surface area contributed by atoms with Gasteiger partial charge in [0.1, 0.15) is 5.83 Å². The van der Waals surface area contributed by atoms with Gasteiger partial charge in [0.2, 0.25) is 0 Å². The summed E-state index contributed by atoms with van der Waals surface area (Å²) in [4.78, 5) is 0. The zero-order valence-corrected chi connectivity index (χ0v) is 9.82. The number of hydrogen-bond donors (Lipinski definition) is 0. The third kappa shape index (κ3) is 24.7. The van der Waals surface area contributed by atoms with Gasteiger partial charge in [0, 0.05) is 0 Å². The lowest BCUT2D eigenvalue weighted by Gasteiger charge is -1.85. The second kappa shape index (κ2) is 17.3. The highest BCUT2D eigenvalue weighted by Crippen LogP contribution is 2.02. The van der Waals surface area contributed by atoms with Crippen molar-refractivity contribution in [1.82, 2.24) is 0 Å². The first-order valence-corrected chi connectivity index (χ1v) is 4.80. The van der Waals surface area contributed by atoms with Crippen molar-refractivity contribution < 1.29 is 4.39 Å². The zero-order valence-electron chi connectivity index (χ0n) is 9.82. The van der Waals surface area contributed by atoms with Crippen LogP contribution in [0.15, 0.2) is 36.2 Å². The zero-order chi connectivity index (χ0) is 11.3. The van der Waals surface area contributed by atoms with Crippen LogP contribution in [-0.4, -0.2) is 0 Å². The fourth-order valence-corrected chi connectivity index (χ4v) is 0.436. The highest BCUT2D eigenvalue weighted by molar-refractivity contribution is 5.18. The first-order chi connectivity index (χ1) is 6.16. The molecule has 0 rings (SSSR count). The molecule has 1 heteroatoms. The molecule has 0 spiro atoms. The lowest BCUT2D eigenvalue weighted by atomic mass is 10.3. The Hall–Kier alpha value is -0.850. The summed E-state index contributed by atoms with van der Waals surface area (Å²) >= 11 is 0. The van der Waals surface area contributed by atoms with Gasteiger partial charge in [0.25, 0.3) is 0 Å². The Morgan fingerprint density at radius 3 is 1.69 bits per heavy atom. The van der Waals surface area contributed by atoms with Gasteiger partial charge in [0.05, 0.1) is 0 Å². The number of halogens is 1. The molecular formula is C12H23F. The summed E-state index contributed by atoms with van der Waals surface area (Å²) in [6, 6.07) is 0. The molecule has 0 aromatic rings. The summed E-state index contributed by atoms with van der Waals surface area (Å²) < 4.78 is 12.4. The molecule has 0 N–H and O–H groups in total. The quantitative estimate of drug-likeness (QED) is 0.530. The largest absolute Gasteiger partial charge is 0.207 e. The van der Waals surface area contributed by atoms with Gasteiger partial charge in [-0.15, -0.1) is 0 Å². The third-order valence-electron chi connectivity index (χ3n) is 0.704. The maximum atomic E-state index is 12.4. The minimum atomic E-state index is -0.245. The van der Waals surface area contributed by atoms with Crippen LogP contribution < -0.4 is 0 Å². The van der Waals surface area contributed by atoms with Crippen LogP contribution in [0.4, 0.5) is 4.39 Å². The van der Waals surface area contributed by atoms with Gasteiger partial charge in [-0.1, -0.05) is 45.9 Å². The Labute approximate surface area is 82.9 Å². The van der Waals surface area contributed by atoms with Gasteiger partial charge < -0.3 is 0 Å². The van der Waals surface area contributed by atoms with Crippen LogP contribution in [0.2, 0.25) is 0 Å². The molecule has 0 fully saturated rings. The monoisotopic (exact) mass is 186 g/mol. The Kier molecular flexibility index (Phi) is 24.0. The van der Waals surface area contributed by atoms with E-state index in [1.165, 1.54) is 18.2 Å². The van der Waals surface area contributed by atoms with E-state index in [1.807, 2.05) is 41.5 Å². The molecule has 0 aliphatic heterocycles. The first-order valence-electron chi connectivity index (χ1n) is 4.80. The van der Waals surface area contributed by atoms with Gasteiger partial charge in [-0.25, -0.2) is 4.39 Å². The van der Waals surface area contributed by atoms with Crippen molar-refractivity contribution in [3.05, 3.63) is 36.2 Å². The molecule has 0 aliphatic rings. The summed E-state index contributed by atoms with van der Waals surface area (Å²) in [6.45, 7) is 15.0. The Bertz CT molecular complexity index is 149. The first kappa shape index (κ1) is 18.0. The van der Waals surface area contributed by atoms with E-state index < -0.39 is 0 Å². The molecule has 0 nitrogen and oxygen atoms in total. The average Bonchev–Trinajstić information content (AvgIpc) is 2.10. The molecule has 13 heavy (non-hydrogen) atoms. The van der Waals surface area contributed by atoms with Crippen LogP contribution in [0.5, 0.6) is 0 Å². The molecule has 0 amide bonds. The predicted octanol–water partition coefficient (Wildman–Crippen LogP) is 5.04. The van der Waals surface area contributed by atoms with Gasteiger partial charge in [0.15, 0.2) is 0 Å². The summed E-state index contributed by atoms with van der Waals surface area (Å²) in [6.07, 6.45) is 4.21. The van der Waals surface area contributed by atoms with Crippen LogP contribution >= 0.6 is 0 Å². The van der Waals surface area contributed by atoms with Crippen molar-refractivity contribution in [3.8, 4) is 0 Å². The minimum Gasteiger partial charge on any atom is -0.207 e. The van der Waals surface area contributed by atoms with E-state index in [-0.39, 0.29) is 5.83 Å². The minimum absolute atomic E-state index is 0.245. The summed E-state index contributed by atoms with van der Waals surface area (Å²) in [5.74, 6) is -0.245. The van der Waals surface area contributed by atoms with Crippen LogP contribution in [0.25, 0.3) is 0 Å². The normalized spacial score (nSPS) is 8.38. The summed E-state index contributed by atoms with van der Waals surface area (Å²) in [7, 11) is 0. The van der Waals surface area contributed by atoms with E-state index in [1.54, 1.807) is 0 Å². The molecule has 0 aromatic carbocycles. The second-order valence-corrected chi connectivity index (χ2v) is 2.01. The van der Waals surface area contributed by atoms with Crippen molar-refractivity contribution in [2.45, 2.75) is 41.5 Å². The highest BCUT2D eigenvalue weighted by Gasteiger charge is 1.83. The Morgan fingerprint density at radius 1 is 1.08 bits per heavy atom. The maximum absolute atomic E-state index is 12.4. The Balaban J connectivity index is -0.000000218. The van der Waals surface area contributed by atoms with Crippen LogP contribution in [0, 0.1) is 0 Å². The van der Waals surface area contributed by atoms with E-state index in [4.69, 9.17) is 0 Å². The van der Waals surface area contributed by atoms with Crippen molar-refractivity contribution in [2.24, 2.45) is 0 Å². The molecule has 0 saturated heterocycles. The number of allylic oxidation sites excluding steroid dienone is 5. The van der Waals surface area contributed by atoms with Gasteiger partial charge in [-0.2, -0.15) is 0 Å². The molecule has 0 aliphatic carbocycles. The molecular weight excluding hydrogens is 163 g/mol. The fraction of sp³-hybridized carbons (Fsp3) is 0.500. The van der Waals surface area contributed by atoms with E-state index in [0.717, 1.165) is 5.57 Å². The Morgan fingerprint density at radius 2 is 1.46 bits per heavy atom. The standard InChI is InChI=1S/C8H11F.2C2H6/c1-4-5-8(9)6-7(2)3;2*1-2/h4-6H,1H2,2-3H3;2*1-2H3/b8-5+;;. The molecule has 0 radical (unpaired) electrons. The maximum Gasteiger partial charge on any atom is 0.123 e. The smallest absolute Gasteiger partial charge is 0.123 e. The molecule has 78 valence electrons. The lowest BCUT2D eigenvalue weighted by Crippen LogP contribution is -1.66. The molecule has 0 atom stereocenters. The van der Waals surface area contributed by atoms with Gasteiger partial charge in [-0.3, -0.25) is 0 Å². The van der Waals surface area contributed by atoms with E-state index in [9.17, 15) is 4.39 Å². The second-order valence-electron chi connectivity index (χ2n) is 2.01. The van der Waals surface area contributed by atoms with E-state index >= 15 is 0 Å². The van der Waals surface area contributed by atoms with Crippen molar-refractivity contribution in [1.29, 1.82) is 0 Å². The molecule has 0 unspecified atom stereocenters. The van der Waals surface area contributed by atoms with Crippen LogP contribution in [-0.2, 0) is 0 Å². The van der Waals surface area contributed by atoms with Crippen molar-refractivity contribution in [2.75, 3.05) is 0 Å². The molecule has 0 bridgehead atoms. The molecule has 0 aromatic heterocycles. The highest BCUT2D eigenvalue weighted by atomic mass is 19.1. The number of rotatable bonds is 2. The predicted molar refractivity (Wildman–Crippen MR) is 61.5 cm³/mol. The van der Waals surface area contributed by atoms with E-state index in [0.29, 0.717) is 0 Å². The lowest BCUT2D eigenvalue weighted by molar-refractivity contribution is 0.665. The van der Waals surface area contributed by atoms with Gasteiger partial charge >= 0.3 is 0 Å². The van der Waals surface area contributed by atoms with Crippen LogP contribution in [0.3, 0.4) is 0 Å².